The number of hydrogen-bond donors (Lipinski definition) is 0. The number of hydrogen-bond acceptors (Lipinski definition) is 24. The minimum absolute atomic E-state index is 0.0331. The number of carbonyl (C=O) groups excluding carboxylic acids is 12. The number of thioether (sulfide) groups is 3. The second kappa shape index (κ2) is 44.7. The summed E-state index contributed by atoms with van der Waals surface area (Å²) in [7, 11) is 0. The molecule has 0 N–H and O–H groups in total. The Balaban J connectivity index is 0.000000158. The molecule has 0 fully saturated rings. The van der Waals surface area contributed by atoms with E-state index in [2.05, 4.69) is 0 Å². The van der Waals surface area contributed by atoms with E-state index in [4.69, 9.17) is 42.6 Å². The summed E-state index contributed by atoms with van der Waals surface area (Å²) in [4.78, 5) is 157. The second-order valence-corrected chi connectivity index (χ2v) is 35.0. The maximum atomic E-state index is 13.5. The third kappa shape index (κ3) is 25.3. The van der Waals surface area contributed by atoms with Gasteiger partial charge in [-0.2, -0.15) is 52.7 Å². The van der Waals surface area contributed by atoms with Gasteiger partial charge in [0.25, 0.3) is 0 Å². The summed E-state index contributed by atoms with van der Waals surface area (Å²) < 4.78 is 205. The predicted molar refractivity (Wildman–Crippen MR) is 484 cm³/mol. The molecule has 16 rings (SSSR count). The predicted octanol–water partition coefficient (Wildman–Crippen LogP) is 22.1. The Hall–Kier alpha value is -14.9. The molecule has 12 aromatic rings. The Morgan fingerprint density at radius 2 is 0.429 bits per heavy atom. The number of fused-ring (bicyclic) bond motifs is 4. The molecular formula is C104H76F12O21S3. The molecule has 0 radical (unpaired) electrons. The number of para-hydroxylation sites is 1. The number of ketones is 4. The van der Waals surface area contributed by atoms with Crippen molar-refractivity contribution in [3.05, 3.63) is 404 Å². The second-order valence-electron chi connectivity index (χ2n) is 32.0. The van der Waals surface area contributed by atoms with Gasteiger partial charge in [0, 0.05) is 48.6 Å². The summed E-state index contributed by atoms with van der Waals surface area (Å²) in [6.07, 6.45) is -18.8. The van der Waals surface area contributed by atoms with Crippen LogP contribution in [0.4, 0.5) is 52.7 Å². The monoisotopic (exact) mass is 1980 g/mol. The Bertz CT molecular complexity index is 5950. The zero-order chi connectivity index (χ0) is 100. The maximum Gasteiger partial charge on any atom is 0.416 e. The molecule has 4 heterocycles. The third-order valence-corrected chi connectivity index (χ3v) is 26.1. The summed E-state index contributed by atoms with van der Waals surface area (Å²) in [5.74, 6) is -7.47. The van der Waals surface area contributed by atoms with Crippen molar-refractivity contribution in [3.63, 3.8) is 0 Å². The Morgan fingerprint density at radius 3 is 0.671 bits per heavy atom. The fourth-order valence-corrected chi connectivity index (χ4v) is 18.0. The van der Waals surface area contributed by atoms with Crippen molar-refractivity contribution in [2.45, 2.75) is 39.4 Å². The van der Waals surface area contributed by atoms with E-state index in [0.717, 1.165) is 82.6 Å². The molecule has 0 spiro atoms. The lowest BCUT2D eigenvalue weighted by Gasteiger charge is -2.35. The molecule has 21 nitrogen and oxygen atoms in total. The molecule has 0 amide bonds. The topological polar surface area (TPSA) is 288 Å². The lowest BCUT2D eigenvalue weighted by molar-refractivity contribution is -0.138. The van der Waals surface area contributed by atoms with Gasteiger partial charge in [0.05, 0.1) is 72.3 Å². The SMILES string of the molecule is O=C(OCC1(COC(=O)c2cccc(C(F)(F)F)c2)COc2ccccc2C1=O)c1cccc(C(F)(F)F)c1.O=C(OCC1(COC(=O)c2cccc(C(F)(F)F)c2)CSc2ccccc2C1=O)c1cccc(C(F)(F)F)c1.O=C(OCC1(COC(=O)c2ccccc2)CSc2ccccc2C1=O)c1ccccc1.O=C(OCC1(COC(=O)c2ccccc2)CSc2ccccc2C1=O)c1ccccc1. The van der Waals surface area contributed by atoms with Crippen LogP contribution in [0.2, 0.25) is 0 Å². The van der Waals surface area contributed by atoms with Gasteiger partial charge in [-0.05, 0) is 152 Å². The number of esters is 8. The average Bonchev–Trinajstić information content (AvgIpc) is 0.780. The molecule has 0 saturated carbocycles. The Kier molecular flexibility index (Phi) is 32.7. The van der Waals surface area contributed by atoms with E-state index >= 15 is 0 Å². The summed E-state index contributed by atoms with van der Waals surface area (Å²) in [6, 6.07) is 75.4. The van der Waals surface area contributed by atoms with Gasteiger partial charge in [-0.15, -0.1) is 35.3 Å². The van der Waals surface area contributed by atoms with Crippen LogP contribution in [0.15, 0.2) is 330 Å². The van der Waals surface area contributed by atoms with Crippen LogP contribution in [0.3, 0.4) is 0 Å². The molecule has 0 aliphatic carbocycles. The first kappa shape index (κ1) is 102. The minimum atomic E-state index is -4.72. The highest BCUT2D eigenvalue weighted by molar-refractivity contribution is 8.00. The summed E-state index contributed by atoms with van der Waals surface area (Å²) in [6.45, 7) is -3.99. The van der Waals surface area contributed by atoms with Crippen molar-refractivity contribution in [3.8, 4) is 5.75 Å². The van der Waals surface area contributed by atoms with Gasteiger partial charge in [-0.1, -0.05) is 164 Å². The smallest absolute Gasteiger partial charge is 0.416 e. The molecule has 0 unspecified atom stereocenters. The highest BCUT2D eigenvalue weighted by Gasteiger charge is 2.51. The molecule has 0 saturated heterocycles. The number of ether oxygens (including phenoxy) is 9. The van der Waals surface area contributed by atoms with Gasteiger partial charge < -0.3 is 42.6 Å². The molecule has 0 aromatic heterocycles. The summed E-state index contributed by atoms with van der Waals surface area (Å²) in [5, 5.41) is 0. The fraction of sp³-hybridized carbons (Fsp3) is 0.192. The lowest BCUT2D eigenvalue weighted by atomic mass is 9.80. The van der Waals surface area contributed by atoms with Crippen LogP contribution in [0.1, 0.15) is 147 Å². The van der Waals surface area contributed by atoms with Gasteiger partial charge in [-0.25, -0.2) is 38.4 Å². The molecule has 12 aromatic carbocycles. The van der Waals surface area contributed by atoms with Crippen LogP contribution in [0, 0.1) is 21.7 Å². The molecule has 140 heavy (non-hydrogen) atoms. The summed E-state index contributed by atoms with van der Waals surface area (Å²) >= 11 is 4.19. The van der Waals surface area contributed by atoms with E-state index in [1.54, 1.807) is 170 Å². The largest absolute Gasteiger partial charge is 0.491 e. The van der Waals surface area contributed by atoms with Gasteiger partial charge >= 0.3 is 72.5 Å². The zero-order valence-electron chi connectivity index (χ0n) is 72.8. The normalized spacial score (nSPS) is 14.6. The first-order valence-corrected chi connectivity index (χ1v) is 45.1. The highest BCUT2D eigenvalue weighted by atomic mass is 32.2. The fourth-order valence-electron chi connectivity index (χ4n) is 14.3. The van der Waals surface area contributed by atoms with E-state index in [0.29, 0.717) is 74.0 Å². The molecule has 4 aliphatic heterocycles. The standard InChI is InChI=1S/C27H18F6O6.C27H18F6O5S.2C25H20O5S/c28-26(29,30)18-7-3-5-16(11-18)23(35)38-14-25(13-37-21-10-2-1-9-20(21)22(25)34)15-39-24(36)17-6-4-8-19(12-17)27(31,32)33;28-26(29,30)18-7-3-5-16(11-18)23(35)37-13-25(15-39-21-10-2-1-9-20(21)22(25)34)14-38-24(36)17-6-4-8-19(12-17)27(31,32)33;2*26-22-20-13-7-8-14-21(20)31-17-25(22,15-29-23(27)18-9-3-1-4-10-18)16-30-24(28)19-11-5-2-6-12-19/h2*1-12H,13-15H2;2*1-14H,15-17H2. The number of alkyl halides is 12. The number of Topliss-reactive ketones (excluding diaryl/α,β-unsaturated/α-hetero) is 4. The van der Waals surface area contributed by atoms with E-state index in [-0.39, 0.29) is 60.6 Å². The van der Waals surface area contributed by atoms with Crippen LogP contribution >= 0.6 is 35.3 Å². The number of halogens is 12. The van der Waals surface area contributed by atoms with Crippen LogP contribution < -0.4 is 4.74 Å². The van der Waals surface area contributed by atoms with E-state index < -0.39 is 183 Å². The zero-order valence-corrected chi connectivity index (χ0v) is 75.3. The maximum absolute atomic E-state index is 13.5. The van der Waals surface area contributed by atoms with Gasteiger partial charge in [0.1, 0.15) is 86.9 Å². The minimum Gasteiger partial charge on any atom is -0.491 e. The number of rotatable bonds is 24. The average molecular weight is 1990 g/mol. The first-order valence-electron chi connectivity index (χ1n) is 42.1. The van der Waals surface area contributed by atoms with Crippen LogP contribution in [0.5, 0.6) is 5.75 Å². The van der Waals surface area contributed by atoms with Crippen LogP contribution in [0.25, 0.3) is 0 Å². The molecule has 0 bridgehead atoms. The number of carbonyl (C=O) groups is 12. The molecule has 0 atom stereocenters. The molecular weight excluding hydrogens is 1910 g/mol. The van der Waals surface area contributed by atoms with Crippen molar-refractivity contribution < 1.29 is 153 Å². The van der Waals surface area contributed by atoms with Crippen molar-refractivity contribution in [2.75, 3.05) is 76.7 Å². The van der Waals surface area contributed by atoms with Crippen molar-refractivity contribution in [1.82, 2.24) is 0 Å². The molecule has 720 valence electrons. The lowest BCUT2D eigenvalue weighted by Crippen LogP contribution is -2.49. The highest BCUT2D eigenvalue weighted by Crippen LogP contribution is 2.46. The van der Waals surface area contributed by atoms with E-state index in [1.807, 2.05) is 24.3 Å². The molecule has 36 heteroatoms. The third-order valence-electron chi connectivity index (χ3n) is 22.0. The van der Waals surface area contributed by atoms with Crippen LogP contribution in [-0.2, 0) is 62.6 Å². The summed E-state index contributed by atoms with van der Waals surface area (Å²) in [5.41, 5.74) is -8.80. The quantitative estimate of drug-likeness (QED) is 0.0308. The van der Waals surface area contributed by atoms with Gasteiger partial charge in [0.15, 0.2) is 23.1 Å². The van der Waals surface area contributed by atoms with Crippen molar-refractivity contribution in [1.29, 1.82) is 0 Å². The van der Waals surface area contributed by atoms with Gasteiger partial charge in [0.2, 0.25) is 0 Å². The van der Waals surface area contributed by atoms with Crippen molar-refractivity contribution in [2.24, 2.45) is 21.7 Å². The Labute approximate surface area is 802 Å². The first-order chi connectivity index (χ1) is 66.8. The number of benzene rings is 12. The van der Waals surface area contributed by atoms with E-state index in [1.165, 1.54) is 59.6 Å². The van der Waals surface area contributed by atoms with Crippen LogP contribution in [-0.4, -0.2) is 148 Å². The Morgan fingerprint density at radius 1 is 0.236 bits per heavy atom. The van der Waals surface area contributed by atoms with Crippen molar-refractivity contribution >= 4 is 106 Å². The molecule has 4 aliphatic rings. The van der Waals surface area contributed by atoms with Gasteiger partial charge in [-0.3, -0.25) is 19.2 Å². The van der Waals surface area contributed by atoms with E-state index in [9.17, 15) is 110 Å².